The minimum absolute atomic E-state index is 0.0803. The Morgan fingerprint density at radius 1 is 1.16 bits per heavy atom. The second kappa shape index (κ2) is 5.80. The second-order valence-electron chi connectivity index (χ2n) is 6.51. The Kier molecular flexibility index (Phi) is 4.08. The van der Waals surface area contributed by atoms with Crippen molar-refractivity contribution >= 4 is 5.91 Å². The van der Waals surface area contributed by atoms with Crippen LogP contribution in [0.2, 0.25) is 0 Å². The normalized spacial score (nSPS) is 35.3. The molecule has 1 heterocycles. The molecule has 2 aliphatic carbocycles. The fourth-order valence-electron chi connectivity index (χ4n) is 3.49. The van der Waals surface area contributed by atoms with Crippen LogP contribution in [0.3, 0.4) is 0 Å². The van der Waals surface area contributed by atoms with Gasteiger partial charge >= 0.3 is 0 Å². The number of hydrogen-bond donors (Lipinski definition) is 1. The number of nitrogens with two attached hydrogens (primary N) is 1. The van der Waals surface area contributed by atoms with Crippen LogP contribution in [0.25, 0.3) is 0 Å². The molecule has 2 saturated carbocycles. The largest absolute Gasteiger partial charge is 0.381 e. The second-order valence-corrected chi connectivity index (χ2v) is 6.51. The lowest BCUT2D eigenvalue weighted by Crippen LogP contribution is -2.48. The Labute approximate surface area is 115 Å². The molecule has 3 rings (SSSR count). The molecule has 0 bridgehead atoms. The van der Waals surface area contributed by atoms with Crippen molar-refractivity contribution in [1.29, 1.82) is 0 Å². The fourth-order valence-corrected chi connectivity index (χ4v) is 3.49. The van der Waals surface area contributed by atoms with Gasteiger partial charge < -0.3 is 15.4 Å². The van der Waals surface area contributed by atoms with Crippen molar-refractivity contribution in [3.8, 4) is 0 Å². The number of rotatable bonds is 4. The van der Waals surface area contributed by atoms with E-state index in [-0.39, 0.29) is 12.0 Å². The first-order chi connectivity index (χ1) is 9.25. The third-order valence-electron chi connectivity index (χ3n) is 4.89. The summed E-state index contributed by atoms with van der Waals surface area (Å²) < 4.78 is 5.44. The Morgan fingerprint density at radius 3 is 2.58 bits per heavy atom. The van der Waals surface area contributed by atoms with Gasteiger partial charge in [-0.15, -0.1) is 0 Å². The standard InChI is InChI=1S/C15H26N2O2/c16-14-4-2-1-3-13(14)15(18)17(12-5-6-12)9-11-7-8-19-10-11/h11-14H,1-10,16H2. The molecule has 1 amide bonds. The predicted molar refractivity (Wildman–Crippen MR) is 73.6 cm³/mol. The molecule has 108 valence electrons. The minimum Gasteiger partial charge on any atom is -0.381 e. The third kappa shape index (κ3) is 3.11. The number of carbonyl (C=O) groups is 1. The van der Waals surface area contributed by atoms with Gasteiger partial charge in [0.15, 0.2) is 0 Å². The SMILES string of the molecule is NC1CCCCC1C(=O)N(CC1CCOC1)C1CC1. The molecule has 0 aromatic heterocycles. The molecular formula is C15H26N2O2. The Bertz CT molecular complexity index is 324. The lowest BCUT2D eigenvalue weighted by atomic mass is 9.84. The summed E-state index contributed by atoms with van der Waals surface area (Å²) >= 11 is 0. The molecule has 4 nitrogen and oxygen atoms in total. The monoisotopic (exact) mass is 266 g/mol. The molecule has 1 saturated heterocycles. The molecule has 3 aliphatic rings. The molecule has 3 unspecified atom stereocenters. The van der Waals surface area contributed by atoms with E-state index in [0.717, 1.165) is 45.4 Å². The third-order valence-corrected chi connectivity index (χ3v) is 4.89. The molecule has 3 atom stereocenters. The molecule has 0 aromatic rings. The van der Waals surface area contributed by atoms with Crippen molar-refractivity contribution in [3.05, 3.63) is 0 Å². The summed E-state index contributed by atoms with van der Waals surface area (Å²) in [6.45, 7) is 2.58. The molecule has 4 heteroatoms. The molecular weight excluding hydrogens is 240 g/mol. The lowest BCUT2D eigenvalue weighted by Gasteiger charge is -2.34. The van der Waals surface area contributed by atoms with Crippen LogP contribution >= 0.6 is 0 Å². The van der Waals surface area contributed by atoms with Gasteiger partial charge in [-0.3, -0.25) is 4.79 Å². The van der Waals surface area contributed by atoms with Crippen LogP contribution in [0.5, 0.6) is 0 Å². The van der Waals surface area contributed by atoms with E-state index < -0.39 is 0 Å². The first-order valence-electron chi connectivity index (χ1n) is 7.89. The van der Waals surface area contributed by atoms with Crippen LogP contribution < -0.4 is 5.73 Å². The number of amides is 1. The summed E-state index contributed by atoms with van der Waals surface area (Å²) in [7, 11) is 0. The van der Waals surface area contributed by atoms with Gasteiger partial charge in [0.05, 0.1) is 12.5 Å². The molecule has 0 aromatic carbocycles. The van der Waals surface area contributed by atoms with E-state index in [9.17, 15) is 4.79 Å². The molecule has 1 aliphatic heterocycles. The van der Waals surface area contributed by atoms with Crippen LogP contribution in [-0.4, -0.2) is 42.6 Å². The number of hydrogen-bond acceptors (Lipinski definition) is 3. The zero-order valence-corrected chi connectivity index (χ0v) is 11.7. The van der Waals surface area contributed by atoms with E-state index in [4.69, 9.17) is 10.5 Å². The van der Waals surface area contributed by atoms with Crippen LogP contribution in [0.4, 0.5) is 0 Å². The van der Waals surface area contributed by atoms with Gasteiger partial charge in [0.1, 0.15) is 0 Å². The van der Waals surface area contributed by atoms with Crippen molar-refractivity contribution in [1.82, 2.24) is 4.90 Å². The highest BCUT2D eigenvalue weighted by Crippen LogP contribution is 2.33. The summed E-state index contributed by atoms with van der Waals surface area (Å²) in [5.41, 5.74) is 6.17. The first kappa shape index (κ1) is 13.4. The Balaban J connectivity index is 1.63. The van der Waals surface area contributed by atoms with Crippen molar-refractivity contribution in [3.63, 3.8) is 0 Å². The van der Waals surface area contributed by atoms with E-state index in [1.165, 1.54) is 19.3 Å². The van der Waals surface area contributed by atoms with Gasteiger partial charge in [0.25, 0.3) is 0 Å². The van der Waals surface area contributed by atoms with Gasteiger partial charge in [-0.25, -0.2) is 0 Å². The smallest absolute Gasteiger partial charge is 0.227 e. The van der Waals surface area contributed by atoms with Crippen molar-refractivity contribution in [2.45, 2.75) is 57.0 Å². The highest BCUT2D eigenvalue weighted by Gasteiger charge is 2.39. The van der Waals surface area contributed by atoms with Crippen molar-refractivity contribution in [2.24, 2.45) is 17.6 Å². The molecule has 0 spiro atoms. The molecule has 19 heavy (non-hydrogen) atoms. The average Bonchev–Trinajstić information content (AvgIpc) is 3.13. The minimum atomic E-state index is 0.0803. The highest BCUT2D eigenvalue weighted by atomic mass is 16.5. The van der Waals surface area contributed by atoms with Crippen LogP contribution in [0, 0.1) is 11.8 Å². The molecule has 0 radical (unpaired) electrons. The predicted octanol–water partition coefficient (Wildman–Crippen LogP) is 1.53. The summed E-state index contributed by atoms with van der Waals surface area (Å²) in [6, 6.07) is 0.588. The zero-order chi connectivity index (χ0) is 13.2. The van der Waals surface area contributed by atoms with Gasteiger partial charge in [0.2, 0.25) is 5.91 Å². The summed E-state index contributed by atoms with van der Waals surface area (Å²) in [4.78, 5) is 14.9. The molecule has 3 fully saturated rings. The Hall–Kier alpha value is -0.610. The van der Waals surface area contributed by atoms with E-state index >= 15 is 0 Å². The topological polar surface area (TPSA) is 55.6 Å². The van der Waals surface area contributed by atoms with Gasteiger partial charge in [-0.2, -0.15) is 0 Å². The summed E-state index contributed by atoms with van der Waals surface area (Å²) in [6.07, 6.45) is 7.82. The van der Waals surface area contributed by atoms with E-state index in [1.54, 1.807) is 0 Å². The quantitative estimate of drug-likeness (QED) is 0.839. The van der Waals surface area contributed by atoms with Crippen LogP contribution in [-0.2, 0) is 9.53 Å². The summed E-state index contributed by atoms with van der Waals surface area (Å²) in [5.74, 6) is 0.961. The number of ether oxygens (including phenoxy) is 1. The maximum atomic E-state index is 12.8. The number of carbonyl (C=O) groups excluding carboxylic acids is 1. The number of nitrogens with zero attached hydrogens (tertiary/aromatic N) is 1. The zero-order valence-electron chi connectivity index (χ0n) is 11.7. The molecule has 2 N–H and O–H groups in total. The van der Waals surface area contributed by atoms with E-state index in [2.05, 4.69) is 4.90 Å². The highest BCUT2D eigenvalue weighted by molar-refractivity contribution is 5.80. The Morgan fingerprint density at radius 2 is 1.95 bits per heavy atom. The van der Waals surface area contributed by atoms with Gasteiger partial charge in [-0.1, -0.05) is 12.8 Å². The fraction of sp³-hybridized carbons (Fsp3) is 0.933. The maximum absolute atomic E-state index is 12.8. The lowest BCUT2D eigenvalue weighted by molar-refractivity contribution is -0.138. The van der Waals surface area contributed by atoms with E-state index in [1.807, 2.05) is 0 Å². The summed E-state index contributed by atoms with van der Waals surface area (Å²) in [5, 5.41) is 0. The van der Waals surface area contributed by atoms with Crippen LogP contribution in [0.15, 0.2) is 0 Å². The first-order valence-corrected chi connectivity index (χ1v) is 7.89. The van der Waals surface area contributed by atoms with Gasteiger partial charge in [-0.05, 0) is 32.1 Å². The average molecular weight is 266 g/mol. The maximum Gasteiger partial charge on any atom is 0.227 e. The van der Waals surface area contributed by atoms with Crippen LogP contribution in [0.1, 0.15) is 44.9 Å². The van der Waals surface area contributed by atoms with Crippen molar-refractivity contribution in [2.75, 3.05) is 19.8 Å². The van der Waals surface area contributed by atoms with Crippen molar-refractivity contribution < 1.29 is 9.53 Å². The van der Waals surface area contributed by atoms with Gasteiger partial charge in [0, 0.05) is 31.2 Å². The van der Waals surface area contributed by atoms with E-state index in [0.29, 0.717) is 17.9 Å².